The van der Waals surface area contributed by atoms with Gasteiger partial charge in [-0.3, -0.25) is 0 Å². The van der Waals surface area contributed by atoms with E-state index in [9.17, 15) is 0 Å². The highest BCUT2D eigenvalue weighted by molar-refractivity contribution is 5.80. The van der Waals surface area contributed by atoms with E-state index in [-0.39, 0.29) is 0 Å². The first-order chi connectivity index (χ1) is 20.1. The van der Waals surface area contributed by atoms with Crippen molar-refractivity contribution in [1.29, 1.82) is 0 Å². The molecule has 5 rings (SSSR count). The number of rotatable bonds is 7. The minimum atomic E-state index is 0.734. The fourth-order valence-corrected chi connectivity index (χ4v) is 7.94. The first kappa shape index (κ1) is 32.3. The Morgan fingerprint density at radius 2 is 1.12 bits per heavy atom. The molecular formula is C42H58. The molecule has 2 atom stereocenters. The summed E-state index contributed by atoms with van der Waals surface area (Å²) in [6.07, 6.45) is 17.9. The summed E-state index contributed by atoms with van der Waals surface area (Å²) in [5.41, 5.74) is 14.8. The Hall–Kier alpha value is -2.60. The Bertz CT molecular complexity index is 1260. The van der Waals surface area contributed by atoms with E-state index in [0.717, 1.165) is 34.8 Å². The maximum atomic E-state index is 4.37. The lowest BCUT2D eigenvalue weighted by atomic mass is 9.72. The van der Waals surface area contributed by atoms with Crippen LogP contribution in [-0.4, -0.2) is 0 Å². The molecule has 0 bridgehead atoms. The van der Waals surface area contributed by atoms with E-state index in [1.807, 2.05) is 0 Å². The van der Waals surface area contributed by atoms with E-state index in [1.165, 1.54) is 122 Å². The first-order valence-electron chi connectivity index (χ1n) is 17.0. The normalized spacial score (nSPS) is 21.4. The maximum Gasteiger partial charge on any atom is -0.0120 e. The summed E-state index contributed by atoms with van der Waals surface area (Å²) in [6, 6.07) is 11.7. The van der Waals surface area contributed by atoms with E-state index < -0.39 is 0 Å². The molecule has 42 heavy (non-hydrogen) atoms. The van der Waals surface area contributed by atoms with Gasteiger partial charge >= 0.3 is 0 Å². The standard InChI is InChI=1S/C24H34.C18H24/c1-17(2)21-15-16-22(19-11-7-5-8-12-19)24(23(21)18(3)4)20-13-9-6-10-14-20;1-12(2)16-9-17(13(3)4)11-18(10-16)15-7-6-14(5)8-15/h15-16,19-20H,1,3,5-14H2,2,4H3;9-11,14-15H,1,3,6-8H2,2,4-5H3. The summed E-state index contributed by atoms with van der Waals surface area (Å²) < 4.78 is 0. The summed E-state index contributed by atoms with van der Waals surface area (Å²) in [5.74, 6) is 3.11. The van der Waals surface area contributed by atoms with Gasteiger partial charge in [0.25, 0.3) is 0 Å². The largest absolute Gasteiger partial charge is 0.0955 e. The molecule has 0 amide bonds. The molecule has 0 aliphatic heterocycles. The van der Waals surface area contributed by atoms with Crippen LogP contribution in [0.15, 0.2) is 56.6 Å². The fourth-order valence-electron chi connectivity index (χ4n) is 7.94. The molecular weight excluding hydrogens is 504 g/mol. The van der Waals surface area contributed by atoms with Gasteiger partial charge in [-0.2, -0.15) is 0 Å². The van der Waals surface area contributed by atoms with Crippen molar-refractivity contribution < 1.29 is 0 Å². The highest BCUT2D eigenvalue weighted by Crippen LogP contribution is 2.46. The van der Waals surface area contributed by atoms with Gasteiger partial charge in [-0.25, -0.2) is 0 Å². The Kier molecular flexibility index (Phi) is 11.3. The Morgan fingerprint density at radius 3 is 1.57 bits per heavy atom. The van der Waals surface area contributed by atoms with Crippen molar-refractivity contribution in [3.05, 3.63) is 95.6 Å². The molecule has 0 heteroatoms. The van der Waals surface area contributed by atoms with Crippen LogP contribution in [0.1, 0.15) is 175 Å². The second-order valence-electron chi connectivity index (χ2n) is 14.2. The van der Waals surface area contributed by atoms with Gasteiger partial charge in [0.2, 0.25) is 0 Å². The molecule has 0 radical (unpaired) electrons. The van der Waals surface area contributed by atoms with Crippen molar-refractivity contribution in [2.75, 3.05) is 0 Å². The quantitative estimate of drug-likeness (QED) is 0.315. The predicted molar refractivity (Wildman–Crippen MR) is 189 cm³/mol. The zero-order chi connectivity index (χ0) is 30.4. The van der Waals surface area contributed by atoms with Crippen molar-refractivity contribution in [3.8, 4) is 0 Å². The van der Waals surface area contributed by atoms with Crippen molar-refractivity contribution in [1.82, 2.24) is 0 Å². The van der Waals surface area contributed by atoms with Gasteiger partial charge in [0, 0.05) is 0 Å². The average Bonchev–Trinajstić information content (AvgIpc) is 3.43. The first-order valence-corrected chi connectivity index (χ1v) is 17.0. The highest BCUT2D eigenvalue weighted by Gasteiger charge is 2.28. The third kappa shape index (κ3) is 7.86. The summed E-state index contributed by atoms with van der Waals surface area (Å²) in [7, 11) is 0. The number of allylic oxidation sites excluding steroid dienone is 4. The summed E-state index contributed by atoms with van der Waals surface area (Å²) in [4.78, 5) is 0. The second kappa shape index (κ2) is 14.7. The van der Waals surface area contributed by atoms with Gasteiger partial charge in [-0.15, -0.1) is 0 Å². The molecule has 0 nitrogen and oxygen atoms in total. The summed E-state index contributed by atoms with van der Waals surface area (Å²) in [5, 5.41) is 0. The topological polar surface area (TPSA) is 0 Å². The highest BCUT2D eigenvalue weighted by atomic mass is 14.3. The fraction of sp³-hybridized carbons (Fsp3) is 0.524. The molecule has 226 valence electrons. The van der Waals surface area contributed by atoms with Crippen LogP contribution in [0.4, 0.5) is 0 Å². The zero-order valence-corrected chi connectivity index (χ0v) is 27.7. The molecule has 2 aromatic rings. The molecule has 0 saturated heterocycles. The molecule has 0 heterocycles. The summed E-state index contributed by atoms with van der Waals surface area (Å²) in [6.45, 7) is 27.6. The Labute approximate surface area is 259 Å². The minimum absolute atomic E-state index is 0.734. The lowest BCUT2D eigenvalue weighted by molar-refractivity contribution is 0.418. The lowest BCUT2D eigenvalue weighted by Gasteiger charge is -2.33. The number of hydrogen-bond acceptors (Lipinski definition) is 0. The molecule has 3 saturated carbocycles. The molecule has 0 N–H and O–H groups in total. The molecule has 2 unspecified atom stereocenters. The summed E-state index contributed by atoms with van der Waals surface area (Å²) >= 11 is 0. The van der Waals surface area contributed by atoms with Crippen molar-refractivity contribution in [2.45, 2.75) is 136 Å². The molecule has 0 aromatic heterocycles. The van der Waals surface area contributed by atoms with Crippen molar-refractivity contribution >= 4 is 22.3 Å². The minimum Gasteiger partial charge on any atom is -0.0955 e. The Morgan fingerprint density at radius 1 is 0.571 bits per heavy atom. The smallest absolute Gasteiger partial charge is 0.0120 e. The molecule has 0 spiro atoms. The molecule has 2 aromatic carbocycles. The van der Waals surface area contributed by atoms with Crippen LogP contribution >= 0.6 is 0 Å². The van der Waals surface area contributed by atoms with Gasteiger partial charge in [0.05, 0.1) is 0 Å². The second-order valence-corrected chi connectivity index (χ2v) is 14.2. The SMILES string of the molecule is C=C(C)c1cc(C(=C)C)cc(C2CCC(C)C2)c1.C=C(C)c1ccc(C2CCCCC2)c(C2CCCCC2)c1C(=C)C. The van der Waals surface area contributed by atoms with Gasteiger partial charge < -0.3 is 0 Å². The van der Waals surface area contributed by atoms with E-state index in [1.54, 1.807) is 11.1 Å². The van der Waals surface area contributed by atoms with Crippen molar-refractivity contribution in [2.24, 2.45) is 5.92 Å². The third-order valence-electron chi connectivity index (χ3n) is 10.3. The zero-order valence-electron chi connectivity index (χ0n) is 27.7. The van der Waals surface area contributed by atoms with Gasteiger partial charge in [0.1, 0.15) is 0 Å². The van der Waals surface area contributed by atoms with E-state index in [0.29, 0.717) is 0 Å². The van der Waals surface area contributed by atoms with Crippen LogP contribution in [0.3, 0.4) is 0 Å². The predicted octanol–water partition coefficient (Wildman–Crippen LogP) is 13.5. The van der Waals surface area contributed by atoms with Crippen LogP contribution < -0.4 is 0 Å². The molecule has 3 fully saturated rings. The van der Waals surface area contributed by atoms with Crippen LogP contribution in [0, 0.1) is 5.92 Å². The van der Waals surface area contributed by atoms with Gasteiger partial charge in [-0.1, -0.05) is 125 Å². The van der Waals surface area contributed by atoms with Crippen LogP contribution in [0.2, 0.25) is 0 Å². The molecule has 3 aliphatic rings. The average molecular weight is 563 g/mol. The van der Waals surface area contributed by atoms with E-state index >= 15 is 0 Å². The van der Waals surface area contributed by atoms with Crippen LogP contribution in [-0.2, 0) is 0 Å². The number of benzene rings is 2. The van der Waals surface area contributed by atoms with Crippen LogP contribution in [0.25, 0.3) is 22.3 Å². The van der Waals surface area contributed by atoms with Gasteiger partial charge in [0.15, 0.2) is 0 Å². The van der Waals surface area contributed by atoms with Crippen molar-refractivity contribution in [3.63, 3.8) is 0 Å². The lowest BCUT2D eigenvalue weighted by Crippen LogP contribution is -2.15. The van der Waals surface area contributed by atoms with E-state index in [4.69, 9.17) is 0 Å². The molecule has 3 aliphatic carbocycles. The van der Waals surface area contributed by atoms with Gasteiger partial charge in [-0.05, 0) is 135 Å². The monoisotopic (exact) mass is 562 g/mol. The Balaban J connectivity index is 0.000000201. The van der Waals surface area contributed by atoms with Crippen LogP contribution in [0.5, 0.6) is 0 Å². The third-order valence-corrected chi connectivity index (χ3v) is 10.3. The number of hydrogen-bond donors (Lipinski definition) is 0. The maximum absolute atomic E-state index is 4.37. The van der Waals surface area contributed by atoms with E-state index in [2.05, 4.69) is 91.3 Å².